The Hall–Kier alpha value is -1.95. The smallest absolute Gasteiger partial charge is 0.250 e. The SMILES string of the molecule is CC(C)(C)[C@H]1OCC[C@@H]1c1nnc(Cn2ccccc2=O)o1. The lowest BCUT2D eigenvalue weighted by Gasteiger charge is -2.29. The second kappa shape index (κ2) is 5.68. The molecule has 0 N–H and O–H groups in total. The van der Waals surface area contributed by atoms with Gasteiger partial charge in [-0.15, -0.1) is 10.2 Å². The third-order valence-corrected chi connectivity index (χ3v) is 3.95. The highest BCUT2D eigenvalue weighted by Gasteiger charge is 2.41. The molecular formula is C16H21N3O3. The molecule has 6 heteroatoms. The van der Waals surface area contributed by atoms with Gasteiger partial charge in [0, 0.05) is 18.9 Å². The van der Waals surface area contributed by atoms with Crippen LogP contribution in [-0.2, 0) is 11.3 Å². The Bertz CT molecular complexity index is 699. The topological polar surface area (TPSA) is 70.2 Å². The van der Waals surface area contributed by atoms with Gasteiger partial charge in [-0.25, -0.2) is 0 Å². The number of hydrogen-bond donors (Lipinski definition) is 0. The quantitative estimate of drug-likeness (QED) is 0.869. The summed E-state index contributed by atoms with van der Waals surface area (Å²) in [5.41, 5.74) is -0.0642. The highest BCUT2D eigenvalue weighted by molar-refractivity contribution is 5.03. The summed E-state index contributed by atoms with van der Waals surface area (Å²) in [5, 5.41) is 8.26. The van der Waals surface area contributed by atoms with Crippen LogP contribution in [0.5, 0.6) is 0 Å². The van der Waals surface area contributed by atoms with Crippen molar-refractivity contribution >= 4 is 0 Å². The minimum Gasteiger partial charge on any atom is -0.423 e. The molecule has 22 heavy (non-hydrogen) atoms. The third-order valence-electron chi connectivity index (χ3n) is 3.95. The van der Waals surface area contributed by atoms with Crippen LogP contribution < -0.4 is 5.56 Å². The van der Waals surface area contributed by atoms with Gasteiger partial charge in [0.15, 0.2) is 0 Å². The summed E-state index contributed by atoms with van der Waals surface area (Å²) in [6.45, 7) is 7.45. The van der Waals surface area contributed by atoms with Crippen LogP contribution >= 0.6 is 0 Å². The van der Waals surface area contributed by atoms with Gasteiger partial charge < -0.3 is 13.7 Å². The van der Waals surface area contributed by atoms with Crippen molar-refractivity contribution in [3.8, 4) is 0 Å². The Morgan fingerprint density at radius 3 is 2.86 bits per heavy atom. The average Bonchev–Trinajstić information content (AvgIpc) is 3.09. The zero-order valence-electron chi connectivity index (χ0n) is 13.2. The number of hydrogen-bond acceptors (Lipinski definition) is 5. The van der Waals surface area contributed by atoms with Gasteiger partial charge in [-0.2, -0.15) is 0 Å². The Kier molecular flexibility index (Phi) is 3.87. The lowest BCUT2D eigenvalue weighted by molar-refractivity contribution is 0.0170. The van der Waals surface area contributed by atoms with Crippen LogP contribution in [0.15, 0.2) is 33.6 Å². The van der Waals surface area contributed by atoms with E-state index in [-0.39, 0.29) is 23.0 Å². The van der Waals surface area contributed by atoms with E-state index >= 15 is 0 Å². The highest BCUT2D eigenvalue weighted by atomic mass is 16.5. The molecule has 3 rings (SSSR count). The minimum atomic E-state index is -0.0842. The van der Waals surface area contributed by atoms with Gasteiger partial charge in [0.25, 0.3) is 5.56 Å². The molecule has 1 aliphatic heterocycles. The van der Waals surface area contributed by atoms with Gasteiger partial charge in [0.2, 0.25) is 11.8 Å². The molecule has 0 amide bonds. The van der Waals surface area contributed by atoms with Crippen LogP contribution in [0.2, 0.25) is 0 Å². The van der Waals surface area contributed by atoms with Crippen molar-refractivity contribution in [2.75, 3.05) is 6.61 Å². The molecule has 1 saturated heterocycles. The van der Waals surface area contributed by atoms with Gasteiger partial charge in [-0.1, -0.05) is 26.8 Å². The van der Waals surface area contributed by atoms with Gasteiger partial charge in [0.05, 0.1) is 12.0 Å². The van der Waals surface area contributed by atoms with Crippen LogP contribution in [0.1, 0.15) is 44.9 Å². The predicted octanol–water partition coefficient (Wildman–Crippen LogP) is 2.20. The normalized spacial score (nSPS) is 22.1. The van der Waals surface area contributed by atoms with Crippen LogP contribution in [0.25, 0.3) is 0 Å². The third kappa shape index (κ3) is 2.97. The lowest BCUT2D eigenvalue weighted by Crippen LogP contribution is -2.30. The Labute approximate surface area is 129 Å². The van der Waals surface area contributed by atoms with E-state index in [0.29, 0.717) is 24.9 Å². The van der Waals surface area contributed by atoms with Crippen LogP contribution in [0, 0.1) is 5.41 Å². The van der Waals surface area contributed by atoms with Crippen LogP contribution in [-0.4, -0.2) is 27.5 Å². The van der Waals surface area contributed by atoms with E-state index in [1.54, 1.807) is 22.9 Å². The Morgan fingerprint density at radius 1 is 1.32 bits per heavy atom. The van der Waals surface area contributed by atoms with Crippen molar-refractivity contribution in [1.82, 2.24) is 14.8 Å². The zero-order valence-corrected chi connectivity index (χ0v) is 13.2. The molecule has 0 unspecified atom stereocenters. The van der Waals surface area contributed by atoms with Crippen LogP contribution in [0.4, 0.5) is 0 Å². The minimum absolute atomic E-state index is 0.0200. The van der Waals surface area contributed by atoms with Crippen molar-refractivity contribution in [1.29, 1.82) is 0 Å². The largest absolute Gasteiger partial charge is 0.423 e. The second-order valence-corrected chi connectivity index (χ2v) is 6.75. The van der Waals surface area contributed by atoms with Gasteiger partial charge in [0.1, 0.15) is 6.54 Å². The van der Waals surface area contributed by atoms with E-state index in [4.69, 9.17) is 9.15 Å². The van der Waals surface area contributed by atoms with E-state index in [9.17, 15) is 4.79 Å². The molecule has 6 nitrogen and oxygen atoms in total. The van der Waals surface area contributed by atoms with E-state index in [1.807, 2.05) is 0 Å². The molecule has 118 valence electrons. The molecule has 1 aliphatic rings. The first-order chi connectivity index (χ1) is 10.4. The maximum Gasteiger partial charge on any atom is 0.250 e. The van der Waals surface area contributed by atoms with Crippen molar-refractivity contribution in [2.24, 2.45) is 5.41 Å². The summed E-state index contributed by atoms with van der Waals surface area (Å²) < 4.78 is 13.2. The lowest BCUT2D eigenvalue weighted by atomic mass is 9.81. The first-order valence-corrected chi connectivity index (χ1v) is 7.54. The highest BCUT2D eigenvalue weighted by Crippen LogP contribution is 2.40. The van der Waals surface area contributed by atoms with Crippen molar-refractivity contribution in [3.63, 3.8) is 0 Å². The molecule has 2 aromatic rings. The van der Waals surface area contributed by atoms with Gasteiger partial charge in [-0.3, -0.25) is 4.79 Å². The van der Waals surface area contributed by atoms with Crippen molar-refractivity contribution < 1.29 is 9.15 Å². The fourth-order valence-corrected chi connectivity index (χ4v) is 2.91. The van der Waals surface area contributed by atoms with E-state index in [1.165, 1.54) is 6.07 Å². The summed E-state index contributed by atoms with van der Waals surface area (Å²) in [5.74, 6) is 1.17. The predicted molar refractivity (Wildman–Crippen MR) is 80.7 cm³/mol. The maximum atomic E-state index is 11.7. The monoisotopic (exact) mass is 303 g/mol. The number of pyridine rings is 1. The van der Waals surface area contributed by atoms with E-state index < -0.39 is 0 Å². The molecule has 0 spiro atoms. The zero-order chi connectivity index (χ0) is 15.7. The first kappa shape index (κ1) is 15.0. The fraction of sp³-hybridized carbons (Fsp3) is 0.562. The van der Waals surface area contributed by atoms with Crippen molar-refractivity contribution in [2.45, 2.75) is 45.8 Å². The van der Waals surface area contributed by atoms with E-state index in [0.717, 1.165) is 6.42 Å². The molecule has 3 heterocycles. The summed E-state index contributed by atoms with van der Waals surface area (Å²) >= 11 is 0. The molecule has 2 aromatic heterocycles. The standard InChI is InChI=1S/C16H21N3O3/c1-16(2,3)14-11(7-9-21-14)15-18-17-12(22-15)10-19-8-5-4-6-13(19)20/h4-6,8,11,14H,7,9-10H2,1-3H3/t11-,14-/m0/s1. The summed E-state index contributed by atoms with van der Waals surface area (Å²) in [6, 6.07) is 5.03. The van der Waals surface area contributed by atoms with Crippen LogP contribution in [0.3, 0.4) is 0 Å². The summed E-state index contributed by atoms with van der Waals surface area (Å²) in [4.78, 5) is 11.7. The summed E-state index contributed by atoms with van der Waals surface area (Å²) in [7, 11) is 0. The molecule has 0 bridgehead atoms. The van der Waals surface area contributed by atoms with E-state index in [2.05, 4.69) is 31.0 Å². The molecule has 0 saturated carbocycles. The maximum absolute atomic E-state index is 11.7. The van der Waals surface area contributed by atoms with Crippen molar-refractivity contribution in [3.05, 3.63) is 46.5 Å². The molecule has 2 atom stereocenters. The van der Waals surface area contributed by atoms with Gasteiger partial charge >= 0.3 is 0 Å². The molecule has 0 aliphatic carbocycles. The molecule has 1 fully saturated rings. The molecule has 0 radical (unpaired) electrons. The second-order valence-electron chi connectivity index (χ2n) is 6.75. The number of aromatic nitrogens is 3. The number of nitrogens with zero attached hydrogens (tertiary/aromatic N) is 3. The Morgan fingerprint density at radius 2 is 2.14 bits per heavy atom. The number of rotatable bonds is 3. The first-order valence-electron chi connectivity index (χ1n) is 7.54. The molecular weight excluding hydrogens is 282 g/mol. The number of ether oxygens (including phenoxy) is 1. The molecule has 0 aromatic carbocycles. The summed E-state index contributed by atoms with van der Waals surface area (Å²) in [6.07, 6.45) is 2.66. The average molecular weight is 303 g/mol. The van der Waals surface area contributed by atoms with Gasteiger partial charge in [-0.05, 0) is 17.9 Å². The Balaban J connectivity index is 1.79. The fourth-order valence-electron chi connectivity index (χ4n) is 2.91.